The van der Waals surface area contributed by atoms with E-state index in [0.717, 1.165) is 10.6 Å². The largest absolute Gasteiger partial charge is 0.368 e. The Kier molecular flexibility index (Phi) is 5.46. The van der Waals surface area contributed by atoms with Gasteiger partial charge in [0.1, 0.15) is 5.56 Å². The highest BCUT2D eigenvalue weighted by Crippen LogP contribution is 2.27. The monoisotopic (exact) mass is 371 g/mol. The Bertz CT molecular complexity index is 833. The number of nitro benzene ring substituents is 1. The molecule has 0 saturated carbocycles. The number of piperazine rings is 1. The fourth-order valence-electron chi connectivity index (χ4n) is 3.14. The highest BCUT2D eigenvalue weighted by molar-refractivity contribution is 7.98. The lowest BCUT2D eigenvalue weighted by molar-refractivity contribution is -0.385. The number of nitrogens with zero attached hydrogens (tertiary/aromatic N) is 3. The molecule has 136 valence electrons. The molecule has 0 N–H and O–H groups in total. The van der Waals surface area contributed by atoms with Gasteiger partial charge in [0.2, 0.25) is 0 Å². The van der Waals surface area contributed by atoms with Gasteiger partial charge in [0.25, 0.3) is 11.6 Å². The molecule has 26 heavy (non-hydrogen) atoms. The molecule has 0 unspecified atom stereocenters. The van der Waals surface area contributed by atoms with Gasteiger partial charge in [-0.2, -0.15) is 0 Å². The van der Waals surface area contributed by atoms with Crippen molar-refractivity contribution in [3.63, 3.8) is 0 Å². The molecule has 1 aliphatic rings. The van der Waals surface area contributed by atoms with Crippen LogP contribution in [0, 0.1) is 17.0 Å². The molecule has 0 aliphatic carbocycles. The van der Waals surface area contributed by atoms with Crippen molar-refractivity contribution in [1.82, 2.24) is 4.90 Å². The fourth-order valence-corrected chi connectivity index (χ4v) is 3.58. The third kappa shape index (κ3) is 3.83. The normalized spacial score (nSPS) is 14.4. The van der Waals surface area contributed by atoms with Gasteiger partial charge in [-0.25, -0.2) is 0 Å². The molecule has 0 bridgehead atoms. The van der Waals surface area contributed by atoms with Gasteiger partial charge in [0.15, 0.2) is 0 Å². The highest BCUT2D eigenvalue weighted by Gasteiger charge is 2.28. The summed E-state index contributed by atoms with van der Waals surface area (Å²) in [5.41, 5.74) is 2.39. The molecule has 1 aliphatic heterocycles. The zero-order chi connectivity index (χ0) is 18.7. The molecule has 0 radical (unpaired) electrons. The molecular formula is C19H21N3O3S. The predicted octanol–water partition coefficient (Wildman–Crippen LogP) is 3.59. The van der Waals surface area contributed by atoms with Crippen molar-refractivity contribution in [1.29, 1.82) is 0 Å². The van der Waals surface area contributed by atoms with Gasteiger partial charge in [-0.05, 0) is 43.0 Å². The van der Waals surface area contributed by atoms with Crippen molar-refractivity contribution >= 4 is 29.0 Å². The topological polar surface area (TPSA) is 66.7 Å². The maximum absolute atomic E-state index is 12.9. The van der Waals surface area contributed by atoms with E-state index in [1.54, 1.807) is 17.0 Å². The van der Waals surface area contributed by atoms with Crippen LogP contribution in [-0.4, -0.2) is 48.2 Å². The number of rotatable bonds is 4. The molecule has 1 fully saturated rings. The van der Waals surface area contributed by atoms with E-state index in [2.05, 4.69) is 30.0 Å². The van der Waals surface area contributed by atoms with Crippen molar-refractivity contribution in [3.05, 3.63) is 63.7 Å². The first-order chi connectivity index (χ1) is 12.5. The van der Waals surface area contributed by atoms with E-state index in [0.29, 0.717) is 26.2 Å². The van der Waals surface area contributed by atoms with Crippen LogP contribution >= 0.6 is 11.8 Å². The van der Waals surface area contributed by atoms with Crippen molar-refractivity contribution in [2.75, 3.05) is 37.3 Å². The summed E-state index contributed by atoms with van der Waals surface area (Å²) >= 11 is 1.46. The summed E-state index contributed by atoms with van der Waals surface area (Å²) in [7, 11) is 0. The molecule has 2 aromatic carbocycles. The number of benzene rings is 2. The van der Waals surface area contributed by atoms with Gasteiger partial charge < -0.3 is 9.80 Å². The summed E-state index contributed by atoms with van der Waals surface area (Å²) in [5, 5.41) is 11.3. The van der Waals surface area contributed by atoms with Crippen LogP contribution < -0.4 is 4.90 Å². The number of hydrogen-bond donors (Lipinski definition) is 0. The molecule has 0 aromatic heterocycles. The lowest BCUT2D eigenvalue weighted by atomic mass is 10.1. The Morgan fingerprint density at radius 3 is 2.46 bits per heavy atom. The van der Waals surface area contributed by atoms with Crippen molar-refractivity contribution < 1.29 is 9.72 Å². The van der Waals surface area contributed by atoms with Crippen molar-refractivity contribution in [2.24, 2.45) is 0 Å². The Hall–Kier alpha value is -2.54. The summed E-state index contributed by atoms with van der Waals surface area (Å²) in [6.07, 6.45) is 1.88. The lowest BCUT2D eigenvalue weighted by Crippen LogP contribution is -2.48. The summed E-state index contributed by atoms with van der Waals surface area (Å²) in [5.74, 6) is -0.267. The maximum atomic E-state index is 12.9. The second-order valence-corrected chi connectivity index (χ2v) is 7.14. The van der Waals surface area contributed by atoms with Crippen LogP contribution in [0.4, 0.5) is 11.4 Å². The first-order valence-corrected chi connectivity index (χ1v) is 9.65. The van der Waals surface area contributed by atoms with E-state index in [-0.39, 0.29) is 17.2 Å². The summed E-state index contributed by atoms with van der Waals surface area (Å²) in [6.45, 7) is 4.58. The molecule has 1 heterocycles. The number of amides is 1. The van der Waals surface area contributed by atoms with Gasteiger partial charge in [-0.3, -0.25) is 14.9 Å². The van der Waals surface area contributed by atoms with Crippen LogP contribution in [0.5, 0.6) is 0 Å². The van der Waals surface area contributed by atoms with Crippen molar-refractivity contribution in [2.45, 2.75) is 11.8 Å². The quantitative estimate of drug-likeness (QED) is 0.467. The second-order valence-electron chi connectivity index (χ2n) is 6.26. The summed E-state index contributed by atoms with van der Waals surface area (Å²) in [4.78, 5) is 28.5. The zero-order valence-corrected chi connectivity index (χ0v) is 15.7. The van der Waals surface area contributed by atoms with Crippen LogP contribution in [0.25, 0.3) is 0 Å². The lowest BCUT2D eigenvalue weighted by Gasteiger charge is -2.36. The molecule has 0 atom stereocenters. The predicted molar refractivity (Wildman–Crippen MR) is 104 cm³/mol. The Morgan fingerprint density at radius 2 is 1.85 bits per heavy atom. The molecule has 1 amide bonds. The van der Waals surface area contributed by atoms with Crippen LogP contribution in [0.2, 0.25) is 0 Å². The molecule has 2 aromatic rings. The molecule has 7 heteroatoms. The van der Waals surface area contributed by atoms with Gasteiger partial charge in [-0.1, -0.05) is 12.1 Å². The van der Waals surface area contributed by atoms with Crippen LogP contribution in [0.1, 0.15) is 15.9 Å². The maximum Gasteiger partial charge on any atom is 0.282 e. The van der Waals surface area contributed by atoms with E-state index in [9.17, 15) is 14.9 Å². The number of carbonyl (C=O) groups excluding carboxylic acids is 1. The van der Waals surface area contributed by atoms with Gasteiger partial charge in [0.05, 0.1) is 4.92 Å². The number of hydrogen-bond acceptors (Lipinski definition) is 5. The van der Waals surface area contributed by atoms with E-state index in [1.165, 1.54) is 23.4 Å². The van der Waals surface area contributed by atoms with E-state index in [4.69, 9.17) is 0 Å². The summed E-state index contributed by atoms with van der Waals surface area (Å²) < 4.78 is 0. The molecule has 3 rings (SSSR count). The van der Waals surface area contributed by atoms with Crippen molar-refractivity contribution in [3.8, 4) is 0 Å². The van der Waals surface area contributed by atoms with E-state index >= 15 is 0 Å². The molecule has 6 nitrogen and oxygen atoms in total. The average Bonchev–Trinajstić information content (AvgIpc) is 2.67. The first-order valence-electron chi connectivity index (χ1n) is 8.43. The highest BCUT2D eigenvalue weighted by atomic mass is 32.2. The minimum absolute atomic E-state index is 0.131. The number of aryl methyl sites for hydroxylation is 1. The number of anilines is 1. The van der Waals surface area contributed by atoms with Crippen LogP contribution in [-0.2, 0) is 0 Å². The van der Waals surface area contributed by atoms with Crippen LogP contribution in [0.15, 0.2) is 47.4 Å². The first kappa shape index (κ1) is 18.3. The minimum atomic E-state index is -0.486. The molecular weight excluding hydrogens is 350 g/mol. The smallest absolute Gasteiger partial charge is 0.282 e. The third-order valence-corrected chi connectivity index (χ3v) is 5.29. The standard InChI is InChI=1S/C19H21N3O3S/c1-14-4-3-5-15(12-14)20-8-10-21(11-9-20)19(23)17-13-16(26-2)6-7-18(17)22(24)25/h3-7,12-13H,8-11H2,1-2H3. The number of carbonyl (C=O) groups is 1. The molecule has 1 saturated heterocycles. The number of thioether (sulfide) groups is 1. The second kappa shape index (κ2) is 7.78. The van der Waals surface area contributed by atoms with Gasteiger partial charge in [0, 0.05) is 42.8 Å². The zero-order valence-electron chi connectivity index (χ0n) is 14.8. The molecule has 0 spiro atoms. The Balaban J connectivity index is 1.75. The minimum Gasteiger partial charge on any atom is -0.368 e. The SMILES string of the molecule is CSc1ccc([N+](=O)[O-])c(C(=O)N2CCN(c3cccc(C)c3)CC2)c1. The van der Waals surface area contributed by atoms with Gasteiger partial charge >= 0.3 is 0 Å². The van der Waals surface area contributed by atoms with E-state index < -0.39 is 4.92 Å². The summed E-state index contributed by atoms with van der Waals surface area (Å²) in [6, 6.07) is 13.0. The Morgan fingerprint density at radius 1 is 1.12 bits per heavy atom. The van der Waals surface area contributed by atoms with Gasteiger partial charge in [-0.15, -0.1) is 11.8 Å². The number of nitro groups is 1. The Labute approximate surface area is 156 Å². The van der Waals surface area contributed by atoms with Crippen LogP contribution in [0.3, 0.4) is 0 Å². The fraction of sp³-hybridized carbons (Fsp3) is 0.316. The average molecular weight is 371 g/mol. The van der Waals surface area contributed by atoms with E-state index in [1.807, 2.05) is 12.3 Å². The third-order valence-electron chi connectivity index (χ3n) is 4.56.